The lowest BCUT2D eigenvalue weighted by molar-refractivity contribution is 0.0781. The summed E-state index contributed by atoms with van der Waals surface area (Å²) in [4.78, 5) is 39.1. The lowest BCUT2D eigenvalue weighted by Gasteiger charge is -2.16. The first-order valence-electron chi connectivity index (χ1n) is 7.72. The topological polar surface area (TPSA) is 77.2 Å². The summed E-state index contributed by atoms with van der Waals surface area (Å²) in [6.45, 7) is 3.13. The summed E-state index contributed by atoms with van der Waals surface area (Å²) in [6.07, 6.45) is 1.85. The van der Waals surface area contributed by atoms with Crippen molar-refractivity contribution in [3.05, 3.63) is 56.9 Å². The molecule has 0 atom stereocenters. The molecular formula is C16H18N4O3. The Balaban J connectivity index is 2.18. The zero-order chi connectivity index (χ0) is 16.4. The van der Waals surface area contributed by atoms with Crippen molar-refractivity contribution in [2.24, 2.45) is 0 Å². The Morgan fingerprint density at radius 1 is 1.13 bits per heavy atom. The fraction of sp³-hybridized carbons (Fsp3) is 0.375. The number of hydrogen-bond acceptors (Lipinski definition) is 4. The number of benzene rings is 1. The Bertz CT molecular complexity index is 833. The summed E-state index contributed by atoms with van der Waals surface area (Å²) >= 11 is 0. The number of para-hydroxylation sites is 1. The van der Waals surface area contributed by atoms with E-state index in [0.717, 1.165) is 22.1 Å². The van der Waals surface area contributed by atoms with Crippen LogP contribution in [0.1, 0.15) is 30.3 Å². The standard InChI is InChI=1S/C16H18N4O3/c1-2-19-15(22)13(14(21)18-10-6-7-11-18)17-20(16(19)23)12-8-4-3-5-9-12/h3-5,8-9H,2,6-7,10-11H2,1H3. The van der Waals surface area contributed by atoms with Crippen LogP contribution in [-0.2, 0) is 6.54 Å². The first-order chi connectivity index (χ1) is 11.1. The van der Waals surface area contributed by atoms with E-state index in [9.17, 15) is 14.4 Å². The van der Waals surface area contributed by atoms with Crippen LogP contribution < -0.4 is 11.2 Å². The van der Waals surface area contributed by atoms with Crippen molar-refractivity contribution in [3.8, 4) is 5.69 Å². The summed E-state index contributed by atoms with van der Waals surface area (Å²) in [7, 11) is 0. The number of hydrogen-bond donors (Lipinski definition) is 0. The second kappa shape index (κ2) is 6.20. The molecule has 1 aliphatic heterocycles. The molecule has 120 valence electrons. The Kier molecular flexibility index (Phi) is 4.10. The van der Waals surface area contributed by atoms with Crippen LogP contribution in [0.5, 0.6) is 0 Å². The van der Waals surface area contributed by atoms with Crippen LogP contribution in [0.15, 0.2) is 39.9 Å². The average Bonchev–Trinajstić information content (AvgIpc) is 3.10. The lowest BCUT2D eigenvalue weighted by Crippen LogP contribution is -2.46. The highest BCUT2D eigenvalue weighted by molar-refractivity contribution is 5.92. The maximum Gasteiger partial charge on any atom is 0.352 e. The molecule has 23 heavy (non-hydrogen) atoms. The van der Waals surface area contributed by atoms with E-state index < -0.39 is 17.2 Å². The number of aromatic nitrogens is 3. The monoisotopic (exact) mass is 314 g/mol. The molecule has 2 heterocycles. The molecule has 1 aliphatic rings. The third kappa shape index (κ3) is 2.69. The summed E-state index contributed by atoms with van der Waals surface area (Å²) in [5, 5.41) is 4.07. The molecule has 0 spiro atoms. The molecule has 0 radical (unpaired) electrons. The zero-order valence-electron chi connectivity index (χ0n) is 12.9. The molecule has 1 aromatic carbocycles. The van der Waals surface area contributed by atoms with E-state index in [-0.39, 0.29) is 12.2 Å². The Labute approximate surface area is 132 Å². The molecule has 2 aromatic rings. The number of likely N-dealkylation sites (tertiary alicyclic amines) is 1. The van der Waals surface area contributed by atoms with E-state index in [4.69, 9.17) is 0 Å². The van der Waals surface area contributed by atoms with Gasteiger partial charge in [-0.1, -0.05) is 18.2 Å². The fourth-order valence-electron chi connectivity index (χ4n) is 2.74. The molecule has 1 fully saturated rings. The molecule has 1 saturated heterocycles. The predicted molar refractivity (Wildman–Crippen MR) is 84.9 cm³/mol. The molecule has 0 N–H and O–H groups in total. The van der Waals surface area contributed by atoms with E-state index in [2.05, 4.69) is 5.10 Å². The van der Waals surface area contributed by atoms with E-state index in [1.165, 1.54) is 0 Å². The maximum absolute atomic E-state index is 12.6. The Hall–Kier alpha value is -2.70. The average molecular weight is 314 g/mol. The summed E-state index contributed by atoms with van der Waals surface area (Å²) < 4.78 is 2.16. The normalized spacial score (nSPS) is 14.2. The van der Waals surface area contributed by atoms with Gasteiger partial charge in [0.1, 0.15) is 0 Å². The van der Waals surface area contributed by atoms with Crippen molar-refractivity contribution in [2.45, 2.75) is 26.3 Å². The van der Waals surface area contributed by atoms with Gasteiger partial charge in [0.15, 0.2) is 0 Å². The third-order valence-electron chi connectivity index (χ3n) is 3.97. The van der Waals surface area contributed by atoms with Gasteiger partial charge < -0.3 is 4.90 Å². The molecule has 0 bridgehead atoms. The minimum atomic E-state index is -0.624. The second-order valence-electron chi connectivity index (χ2n) is 5.43. The van der Waals surface area contributed by atoms with Crippen molar-refractivity contribution in [2.75, 3.05) is 13.1 Å². The molecular weight excluding hydrogens is 296 g/mol. The van der Waals surface area contributed by atoms with Gasteiger partial charge in [0.05, 0.1) is 5.69 Å². The van der Waals surface area contributed by atoms with Gasteiger partial charge in [0, 0.05) is 19.6 Å². The highest BCUT2D eigenvalue weighted by atomic mass is 16.2. The van der Waals surface area contributed by atoms with Crippen LogP contribution in [0.25, 0.3) is 5.69 Å². The van der Waals surface area contributed by atoms with E-state index in [1.807, 2.05) is 6.07 Å². The van der Waals surface area contributed by atoms with Crippen LogP contribution in [0.3, 0.4) is 0 Å². The minimum absolute atomic E-state index is 0.188. The van der Waals surface area contributed by atoms with Gasteiger partial charge in [-0.3, -0.25) is 14.2 Å². The second-order valence-corrected chi connectivity index (χ2v) is 5.43. The van der Waals surface area contributed by atoms with Crippen LogP contribution in [0, 0.1) is 0 Å². The molecule has 0 saturated carbocycles. The predicted octanol–water partition coefficient (Wildman–Crippen LogP) is 0.650. The minimum Gasteiger partial charge on any atom is -0.337 e. The summed E-state index contributed by atoms with van der Waals surface area (Å²) in [6, 6.07) is 8.78. The smallest absolute Gasteiger partial charge is 0.337 e. The number of amides is 1. The number of nitrogens with zero attached hydrogens (tertiary/aromatic N) is 4. The van der Waals surface area contributed by atoms with Crippen molar-refractivity contribution in [1.82, 2.24) is 19.2 Å². The largest absolute Gasteiger partial charge is 0.352 e. The third-order valence-corrected chi connectivity index (χ3v) is 3.97. The van der Waals surface area contributed by atoms with Gasteiger partial charge in [-0.15, -0.1) is 0 Å². The van der Waals surface area contributed by atoms with Gasteiger partial charge in [0.25, 0.3) is 11.5 Å². The summed E-state index contributed by atoms with van der Waals surface area (Å²) in [5.74, 6) is -0.403. The Morgan fingerprint density at radius 3 is 2.39 bits per heavy atom. The SMILES string of the molecule is CCn1c(=O)c(C(=O)N2CCCC2)nn(-c2ccccc2)c1=O. The maximum atomic E-state index is 12.6. The van der Waals surface area contributed by atoms with Crippen molar-refractivity contribution in [1.29, 1.82) is 0 Å². The number of carbonyl (C=O) groups excluding carboxylic acids is 1. The first kappa shape index (κ1) is 15.2. The molecule has 7 heteroatoms. The van der Waals surface area contributed by atoms with E-state index in [0.29, 0.717) is 18.8 Å². The van der Waals surface area contributed by atoms with Crippen molar-refractivity contribution in [3.63, 3.8) is 0 Å². The van der Waals surface area contributed by atoms with Crippen molar-refractivity contribution >= 4 is 5.91 Å². The Morgan fingerprint density at radius 2 is 1.78 bits per heavy atom. The summed E-state index contributed by atoms with van der Waals surface area (Å²) in [5.41, 5.74) is -0.837. The zero-order valence-corrected chi connectivity index (χ0v) is 12.9. The quantitative estimate of drug-likeness (QED) is 0.833. The van der Waals surface area contributed by atoms with Gasteiger partial charge >= 0.3 is 5.69 Å². The van der Waals surface area contributed by atoms with E-state index >= 15 is 0 Å². The molecule has 1 amide bonds. The van der Waals surface area contributed by atoms with Crippen LogP contribution >= 0.6 is 0 Å². The van der Waals surface area contributed by atoms with Gasteiger partial charge in [-0.2, -0.15) is 9.78 Å². The van der Waals surface area contributed by atoms with Crippen LogP contribution in [0.4, 0.5) is 0 Å². The highest BCUT2D eigenvalue weighted by Gasteiger charge is 2.26. The number of carbonyl (C=O) groups is 1. The van der Waals surface area contributed by atoms with E-state index in [1.54, 1.807) is 36.1 Å². The van der Waals surface area contributed by atoms with Crippen LogP contribution in [0.2, 0.25) is 0 Å². The first-order valence-corrected chi connectivity index (χ1v) is 7.72. The van der Waals surface area contributed by atoms with Gasteiger partial charge in [0.2, 0.25) is 5.69 Å². The van der Waals surface area contributed by atoms with Crippen LogP contribution in [-0.4, -0.2) is 38.2 Å². The molecule has 3 rings (SSSR count). The molecule has 1 aromatic heterocycles. The highest BCUT2D eigenvalue weighted by Crippen LogP contribution is 2.10. The van der Waals surface area contributed by atoms with Gasteiger partial charge in [-0.05, 0) is 31.9 Å². The number of rotatable bonds is 3. The molecule has 0 aliphatic carbocycles. The molecule has 7 nitrogen and oxygen atoms in total. The van der Waals surface area contributed by atoms with Gasteiger partial charge in [-0.25, -0.2) is 4.79 Å². The lowest BCUT2D eigenvalue weighted by atomic mass is 10.3. The molecule has 0 unspecified atom stereocenters. The van der Waals surface area contributed by atoms with Crippen molar-refractivity contribution < 1.29 is 4.79 Å². The fourth-order valence-corrected chi connectivity index (χ4v) is 2.74.